The number of piperazine rings is 1. The van der Waals surface area contributed by atoms with Gasteiger partial charge in [-0.05, 0) is 19.9 Å². The van der Waals surface area contributed by atoms with E-state index >= 15 is 0 Å². The Kier molecular flexibility index (Phi) is 2.76. The molecule has 2 N–H and O–H groups in total. The van der Waals surface area contributed by atoms with Gasteiger partial charge >= 0.3 is 0 Å². The number of rotatable bonds is 1. The molecule has 82 valence electrons. The first-order valence-electron chi connectivity index (χ1n) is 5.31. The van der Waals surface area contributed by atoms with Crippen LogP contribution in [0.3, 0.4) is 0 Å². The molecule has 0 spiro atoms. The molecule has 0 amide bonds. The quantitative estimate of drug-likeness (QED) is 0.736. The SMILES string of the molecule is CC1(C)CNCC(c2ccccc2F)N1. The monoisotopic (exact) mass is 208 g/mol. The van der Waals surface area contributed by atoms with Gasteiger partial charge in [-0.2, -0.15) is 0 Å². The molecule has 1 unspecified atom stereocenters. The Labute approximate surface area is 89.9 Å². The van der Waals surface area contributed by atoms with Crippen molar-refractivity contribution in [2.75, 3.05) is 13.1 Å². The smallest absolute Gasteiger partial charge is 0.128 e. The van der Waals surface area contributed by atoms with Crippen molar-refractivity contribution in [3.8, 4) is 0 Å². The van der Waals surface area contributed by atoms with Crippen molar-refractivity contribution in [1.82, 2.24) is 10.6 Å². The lowest BCUT2D eigenvalue weighted by Gasteiger charge is -2.38. The third kappa shape index (κ3) is 2.36. The highest BCUT2D eigenvalue weighted by atomic mass is 19.1. The van der Waals surface area contributed by atoms with Gasteiger partial charge in [-0.1, -0.05) is 18.2 Å². The van der Waals surface area contributed by atoms with Crippen LogP contribution < -0.4 is 10.6 Å². The van der Waals surface area contributed by atoms with Gasteiger partial charge in [-0.25, -0.2) is 4.39 Å². The van der Waals surface area contributed by atoms with E-state index in [9.17, 15) is 4.39 Å². The second kappa shape index (κ2) is 3.91. The number of benzene rings is 1. The first kappa shape index (κ1) is 10.6. The van der Waals surface area contributed by atoms with Crippen LogP contribution in [-0.4, -0.2) is 18.6 Å². The van der Waals surface area contributed by atoms with Gasteiger partial charge in [0.05, 0.1) is 0 Å². The van der Waals surface area contributed by atoms with Crippen molar-refractivity contribution in [2.24, 2.45) is 0 Å². The van der Waals surface area contributed by atoms with Gasteiger partial charge in [0, 0.05) is 30.2 Å². The summed E-state index contributed by atoms with van der Waals surface area (Å²) in [6, 6.07) is 7.02. The summed E-state index contributed by atoms with van der Waals surface area (Å²) < 4.78 is 13.6. The van der Waals surface area contributed by atoms with Gasteiger partial charge in [0.2, 0.25) is 0 Å². The summed E-state index contributed by atoms with van der Waals surface area (Å²) in [5.74, 6) is -0.130. The molecule has 1 aromatic rings. The summed E-state index contributed by atoms with van der Waals surface area (Å²) >= 11 is 0. The van der Waals surface area contributed by atoms with E-state index in [-0.39, 0.29) is 17.4 Å². The number of nitrogens with one attached hydrogen (secondary N) is 2. The molecule has 1 atom stereocenters. The molecular weight excluding hydrogens is 191 g/mol. The van der Waals surface area contributed by atoms with Crippen LogP contribution in [0.1, 0.15) is 25.5 Å². The van der Waals surface area contributed by atoms with Crippen molar-refractivity contribution < 1.29 is 4.39 Å². The van der Waals surface area contributed by atoms with Crippen molar-refractivity contribution in [3.63, 3.8) is 0 Å². The van der Waals surface area contributed by atoms with Gasteiger partial charge < -0.3 is 10.6 Å². The van der Waals surface area contributed by atoms with Crippen LogP contribution in [0.4, 0.5) is 4.39 Å². The van der Waals surface area contributed by atoms with E-state index in [1.807, 2.05) is 12.1 Å². The molecule has 0 aliphatic carbocycles. The highest BCUT2D eigenvalue weighted by Crippen LogP contribution is 2.21. The zero-order chi connectivity index (χ0) is 10.9. The fourth-order valence-corrected chi connectivity index (χ4v) is 2.05. The summed E-state index contributed by atoms with van der Waals surface area (Å²) in [6.45, 7) is 5.93. The maximum Gasteiger partial charge on any atom is 0.128 e. The minimum absolute atomic E-state index is 0.0190. The van der Waals surface area contributed by atoms with Crippen molar-refractivity contribution >= 4 is 0 Å². The Morgan fingerprint density at radius 2 is 2.07 bits per heavy atom. The van der Waals surface area contributed by atoms with Gasteiger partial charge in [-0.3, -0.25) is 0 Å². The van der Waals surface area contributed by atoms with Gasteiger partial charge in [0.1, 0.15) is 5.82 Å². The lowest BCUT2D eigenvalue weighted by atomic mass is 9.96. The lowest BCUT2D eigenvalue weighted by molar-refractivity contribution is 0.261. The molecule has 3 heteroatoms. The highest BCUT2D eigenvalue weighted by molar-refractivity contribution is 5.22. The van der Waals surface area contributed by atoms with Crippen LogP contribution in [0.5, 0.6) is 0 Å². The van der Waals surface area contributed by atoms with E-state index in [1.165, 1.54) is 6.07 Å². The Morgan fingerprint density at radius 3 is 2.73 bits per heavy atom. The molecule has 0 radical (unpaired) electrons. The predicted octanol–water partition coefficient (Wildman–Crippen LogP) is 1.84. The number of halogens is 1. The maximum atomic E-state index is 13.6. The van der Waals surface area contributed by atoms with E-state index in [1.54, 1.807) is 6.07 Å². The van der Waals surface area contributed by atoms with E-state index in [4.69, 9.17) is 0 Å². The summed E-state index contributed by atoms with van der Waals surface area (Å²) in [5.41, 5.74) is 0.767. The Bertz CT molecular complexity index is 349. The molecule has 1 heterocycles. The highest BCUT2D eigenvalue weighted by Gasteiger charge is 2.28. The van der Waals surface area contributed by atoms with Crippen molar-refractivity contribution in [2.45, 2.75) is 25.4 Å². The molecule has 1 aliphatic rings. The first-order valence-corrected chi connectivity index (χ1v) is 5.31. The fraction of sp³-hybridized carbons (Fsp3) is 0.500. The Morgan fingerprint density at radius 1 is 1.33 bits per heavy atom. The molecule has 0 aromatic heterocycles. The summed E-state index contributed by atoms with van der Waals surface area (Å²) in [7, 11) is 0. The van der Waals surface area contributed by atoms with Gasteiger partial charge in [0.15, 0.2) is 0 Å². The summed E-state index contributed by atoms with van der Waals surface area (Å²) in [5, 5.41) is 6.77. The number of hydrogen-bond acceptors (Lipinski definition) is 2. The molecule has 1 fully saturated rings. The van der Waals surface area contributed by atoms with Crippen LogP contribution in [-0.2, 0) is 0 Å². The second-order valence-electron chi connectivity index (χ2n) is 4.73. The summed E-state index contributed by atoms with van der Waals surface area (Å²) in [4.78, 5) is 0. The molecule has 1 saturated heterocycles. The largest absolute Gasteiger partial charge is 0.313 e. The van der Waals surface area contributed by atoms with Crippen LogP contribution in [0.15, 0.2) is 24.3 Å². The minimum Gasteiger partial charge on any atom is -0.313 e. The standard InChI is InChI=1S/C12H17FN2/c1-12(2)8-14-7-11(15-12)9-5-3-4-6-10(9)13/h3-6,11,14-15H,7-8H2,1-2H3. The average molecular weight is 208 g/mol. The zero-order valence-corrected chi connectivity index (χ0v) is 9.18. The lowest BCUT2D eigenvalue weighted by Crippen LogP contribution is -2.56. The topological polar surface area (TPSA) is 24.1 Å². The third-order valence-electron chi connectivity index (χ3n) is 2.76. The molecule has 15 heavy (non-hydrogen) atoms. The zero-order valence-electron chi connectivity index (χ0n) is 9.18. The maximum absolute atomic E-state index is 13.6. The van der Waals surface area contributed by atoms with E-state index < -0.39 is 0 Å². The fourth-order valence-electron chi connectivity index (χ4n) is 2.05. The predicted molar refractivity (Wildman–Crippen MR) is 59.2 cm³/mol. The van der Waals surface area contributed by atoms with Crippen LogP contribution in [0.2, 0.25) is 0 Å². The molecule has 2 nitrogen and oxygen atoms in total. The molecule has 0 bridgehead atoms. The van der Waals surface area contributed by atoms with Crippen molar-refractivity contribution in [3.05, 3.63) is 35.6 Å². The molecular formula is C12H17FN2. The minimum atomic E-state index is -0.130. The van der Waals surface area contributed by atoms with Crippen molar-refractivity contribution in [1.29, 1.82) is 0 Å². The molecule has 0 saturated carbocycles. The van der Waals surface area contributed by atoms with Crippen LogP contribution in [0.25, 0.3) is 0 Å². The van der Waals surface area contributed by atoms with E-state index in [0.29, 0.717) is 0 Å². The molecule has 2 rings (SSSR count). The second-order valence-corrected chi connectivity index (χ2v) is 4.73. The Balaban J connectivity index is 2.21. The van der Waals surface area contributed by atoms with Gasteiger partial charge in [-0.15, -0.1) is 0 Å². The Hall–Kier alpha value is -0.930. The van der Waals surface area contributed by atoms with E-state index in [0.717, 1.165) is 18.7 Å². The first-order chi connectivity index (χ1) is 7.08. The van der Waals surface area contributed by atoms with Gasteiger partial charge in [0.25, 0.3) is 0 Å². The average Bonchev–Trinajstić information content (AvgIpc) is 2.17. The number of hydrogen-bond donors (Lipinski definition) is 2. The molecule has 1 aromatic carbocycles. The van der Waals surface area contributed by atoms with Crippen LogP contribution in [0, 0.1) is 5.82 Å². The van der Waals surface area contributed by atoms with Crippen LogP contribution >= 0.6 is 0 Å². The summed E-state index contributed by atoms with van der Waals surface area (Å²) in [6.07, 6.45) is 0. The van der Waals surface area contributed by atoms with E-state index in [2.05, 4.69) is 24.5 Å². The normalized spacial score (nSPS) is 25.1. The molecule has 1 aliphatic heterocycles. The third-order valence-corrected chi connectivity index (χ3v) is 2.76.